The van der Waals surface area contributed by atoms with Gasteiger partial charge in [0, 0.05) is 12.1 Å². The highest BCUT2D eigenvalue weighted by atomic mass is 127. The molecule has 0 aromatic heterocycles. The number of benzene rings is 4. The fourth-order valence-corrected chi connectivity index (χ4v) is 15.0. The van der Waals surface area contributed by atoms with E-state index in [2.05, 4.69) is 80.6 Å². The smallest absolute Gasteiger partial charge is 0.455 e. The van der Waals surface area contributed by atoms with Gasteiger partial charge in [-0.25, -0.2) is 4.90 Å². The van der Waals surface area contributed by atoms with Gasteiger partial charge in [0.05, 0.1) is 45.8 Å². The molecule has 11 nitrogen and oxygen atoms in total. The molecular formula is C47H52BIN2O9Si. The van der Waals surface area contributed by atoms with E-state index in [0.717, 1.165) is 50.4 Å². The fourth-order valence-electron chi connectivity index (χ4n) is 9.83. The molecule has 2 fully saturated rings. The van der Waals surface area contributed by atoms with Crippen molar-refractivity contribution in [2.75, 3.05) is 18.6 Å². The number of phenolic OH excluding ortho intramolecular Hbond substituents is 1. The van der Waals surface area contributed by atoms with Gasteiger partial charge in [-0.1, -0.05) is 112 Å². The highest BCUT2D eigenvalue weighted by molar-refractivity contribution is 14.1. The molecule has 2 saturated heterocycles. The minimum absolute atomic E-state index is 0.0901. The van der Waals surface area contributed by atoms with Gasteiger partial charge in [-0.15, -0.1) is 0 Å². The van der Waals surface area contributed by atoms with E-state index in [-0.39, 0.29) is 41.5 Å². The zero-order valence-electron chi connectivity index (χ0n) is 35.2. The number of nitro benzene ring substituents is 1. The quantitative estimate of drug-likeness (QED) is 0.0317. The third kappa shape index (κ3) is 8.74. The van der Waals surface area contributed by atoms with E-state index in [4.69, 9.17) is 13.8 Å². The molecule has 0 spiro atoms. The van der Waals surface area contributed by atoms with Crippen LogP contribution in [-0.2, 0) is 18.7 Å². The molecule has 2 aliphatic heterocycles. The Hall–Kier alpha value is -4.61. The molecule has 318 valence electrons. The molecular weight excluding hydrogens is 902 g/mol. The molecule has 4 aromatic carbocycles. The molecule has 61 heavy (non-hydrogen) atoms. The minimum atomic E-state index is -3.07. The van der Waals surface area contributed by atoms with Crippen LogP contribution in [0.1, 0.15) is 65.4 Å². The number of amides is 2. The summed E-state index contributed by atoms with van der Waals surface area (Å²) in [5, 5.41) is 35.6. The number of rotatable bonds is 14. The Kier molecular flexibility index (Phi) is 13.4. The van der Waals surface area contributed by atoms with Crippen molar-refractivity contribution >= 4 is 77.7 Å². The predicted molar refractivity (Wildman–Crippen MR) is 248 cm³/mol. The minimum Gasteiger partial charge on any atom is -0.504 e. The molecule has 1 aliphatic carbocycles. The number of nitrogens with zero attached hydrogens (tertiary/aromatic N) is 2. The average Bonchev–Trinajstić information content (AvgIpc) is 3.49. The Morgan fingerprint density at radius 2 is 1.66 bits per heavy atom. The second-order valence-electron chi connectivity index (χ2n) is 17.2. The number of aromatic hydroxyl groups is 1. The van der Waals surface area contributed by atoms with Crippen LogP contribution >= 0.6 is 22.6 Å². The molecule has 4 aromatic rings. The SMILES string of the molecule is CCC/C(=C\c1cc(I)c(O)c(OC)c1)CC[C@H]1OB(O)C[C@H]2C1=C(CO[Si](c1ccccc1)(c1ccccc1)C(C)(C)C)C[C@H]1C(=O)N(c3cccc([N+](=O)[O-])c3)C(=O)[C@H]12. The normalized spacial score (nSPS) is 20.8. The molecule has 4 atom stereocenters. The van der Waals surface area contributed by atoms with E-state index in [1.807, 2.05) is 48.5 Å². The van der Waals surface area contributed by atoms with E-state index in [9.17, 15) is 29.8 Å². The predicted octanol–water partition coefficient (Wildman–Crippen LogP) is 8.46. The first-order chi connectivity index (χ1) is 29.2. The number of fused-ring (bicyclic) bond motifs is 3. The van der Waals surface area contributed by atoms with Gasteiger partial charge >= 0.3 is 7.12 Å². The van der Waals surface area contributed by atoms with Crippen LogP contribution in [0.2, 0.25) is 11.4 Å². The van der Waals surface area contributed by atoms with Gasteiger partial charge in [-0.3, -0.25) is 19.7 Å². The van der Waals surface area contributed by atoms with Crippen LogP contribution in [0, 0.1) is 31.4 Å². The first kappa shape index (κ1) is 44.4. The Bertz CT molecular complexity index is 2310. The van der Waals surface area contributed by atoms with E-state index in [0.29, 0.717) is 22.2 Å². The summed E-state index contributed by atoms with van der Waals surface area (Å²) in [5.74, 6) is -2.46. The van der Waals surface area contributed by atoms with Crippen molar-refractivity contribution in [1.82, 2.24) is 0 Å². The van der Waals surface area contributed by atoms with Crippen LogP contribution in [-0.4, -0.2) is 62.1 Å². The monoisotopic (exact) mass is 954 g/mol. The van der Waals surface area contributed by atoms with Crippen LogP contribution < -0.4 is 20.0 Å². The molecule has 2 N–H and O–H groups in total. The van der Waals surface area contributed by atoms with Crippen LogP contribution in [0.15, 0.2) is 114 Å². The van der Waals surface area contributed by atoms with Gasteiger partial charge in [-0.05, 0) is 111 Å². The van der Waals surface area contributed by atoms with Crippen molar-refractivity contribution in [2.24, 2.45) is 17.8 Å². The molecule has 0 unspecified atom stereocenters. The van der Waals surface area contributed by atoms with Gasteiger partial charge < -0.3 is 23.9 Å². The molecule has 7 rings (SSSR count). The number of hydrogen-bond donors (Lipinski definition) is 2. The summed E-state index contributed by atoms with van der Waals surface area (Å²) in [6, 6.07) is 30.0. The second-order valence-corrected chi connectivity index (χ2v) is 22.7. The van der Waals surface area contributed by atoms with Gasteiger partial charge in [0.1, 0.15) is 0 Å². The van der Waals surface area contributed by atoms with E-state index < -0.39 is 56.0 Å². The summed E-state index contributed by atoms with van der Waals surface area (Å²) in [6.07, 6.45) is 4.68. The van der Waals surface area contributed by atoms with Crippen molar-refractivity contribution in [1.29, 1.82) is 0 Å². The lowest BCUT2D eigenvalue weighted by atomic mass is 9.58. The van der Waals surface area contributed by atoms with Crippen molar-refractivity contribution in [3.05, 3.63) is 133 Å². The number of halogens is 1. The molecule has 0 bridgehead atoms. The maximum absolute atomic E-state index is 14.6. The molecule has 0 radical (unpaired) electrons. The largest absolute Gasteiger partial charge is 0.504 e. The number of non-ortho nitro benzene ring substituents is 1. The number of allylic oxidation sites excluding steroid dienone is 1. The number of ether oxygens (including phenoxy) is 1. The number of phenols is 1. The molecule has 14 heteroatoms. The van der Waals surface area contributed by atoms with Crippen molar-refractivity contribution in [3.63, 3.8) is 0 Å². The molecule has 2 heterocycles. The maximum atomic E-state index is 14.6. The lowest BCUT2D eigenvalue weighted by Gasteiger charge is -2.46. The van der Waals surface area contributed by atoms with Gasteiger partial charge in [0.15, 0.2) is 11.5 Å². The van der Waals surface area contributed by atoms with Gasteiger partial charge in [0.25, 0.3) is 14.0 Å². The number of carbonyl (C=O) groups excluding carboxylic acids is 2. The van der Waals surface area contributed by atoms with Gasteiger partial charge in [-0.2, -0.15) is 0 Å². The third-order valence-electron chi connectivity index (χ3n) is 12.4. The number of methoxy groups -OCH3 is 1. The molecule has 3 aliphatic rings. The van der Waals surface area contributed by atoms with Crippen LogP contribution in [0.4, 0.5) is 11.4 Å². The topological polar surface area (TPSA) is 149 Å². The maximum Gasteiger partial charge on any atom is 0.455 e. The third-order valence-corrected chi connectivity index (χ3v) is 18.2. The summed E-state index contributed by atoms with van der Waals surface area (Å²) in [5.41, 5.74) is 3.75. The zero-order chi connectivity index (χ0) is 43.6. The van der Waals surface area contributed by atoms with E-state index >= 15 is 0 Å². The first-order valence-electron chi connectivity index (χ1n) is 20.9. The van der Waals surface area contributed by atoms with Crippen LogP contribution in [0.3, 0.4) is 0 Å². The summed E-state index contributed by atoms with van der Waals surface area (Å²) in [7, 11) is -2.73. The Labute approximate surface area is 372 Å². The molecule has 2 amide bonds. The highest BCUT2D eigenvalue weighted by Gasteiger charge is 2.58. The number of carbonyl (C=O) groups is 2. The van der Waals surface area contributed by atoms with Crippen LogP contribution in [0.5, 0.6) is 11.5 Å². The summed E-state index contributed by atoms with van der Waals surface area (Å²) in [4.78, 5) is 41.5. The van der Waals surface area contributed by atoms with Crippen LogP contribution in [0.25, 0.3) is 6.08 Å². The van der Waals surface area contributed by atoms with Crippen molar-refractivity contribution in [3.8, 4) is 11.5 Å². The van der Waals surface area contributed by atoms with E-state index in [1.165, 1.54) is 25.3 Å². The van der Waals surface area contributed by atoms with Crippen molar-refractivity contribution in [2.45, 2.75) is 77.3 Å². The fraction of sp³-hybridized carbons (Fsp3) is 0.362. The lowest BCUT2D eigenvalue weighted by molar-refractivity contribution is -0.384. The Morgan fingerprint density at radius 1 is 0.984 bits per heavy atom. The zero-order valence-corrected chi connectivity index (χ0v) is 38.3. The standard InChI is InChI=1S/C47H52BIN2O9Si/c1-6-14-30(23-31-24-39(49)44(52)41(25-31)58-5)21-22-40-42-32(29-59-61(47(2,3)4,35-17-9-7-10-18-35)36-19-11-8-12-20-36)26-37-43(38(42)28-48(55)60-40)46(54)50(45(37)53)33-15-13-16-34(27-33)51(56)57/h7-13,15-20,23-25,27,37-38,40,43,52,55H,6,14,21-22,26,28-29H2,1-5H3/b30-23+/t37-,38+,40-,43-/m1/s1. The highest BCUT2D eigenvalue weighted by Crippen LogP contribution is 2.52. The number of anilines is 1. The van der Waals surface area contributed by atoms with Crippen molar-refractivity contribution < 1.29 is 38.5 Å². The summed E-state index contributed by atoms with van der Waals surface area (Å²) < 4.78 is 20.1. The summed E-state index contributed by atoms with van der Waals surface area (Å²) >= 11 is 2.09. The summed E-state index contributed by atoms with van der Waals surface area (Å²) in [6.45, 7) is 8.93. The lowest BCUT2D eigenvalue weighted by Crippen LogP contribution is -2.66. The number of imide groups is 1. The van der Waals surface area contributed by atoms with Gasteiger partial charge in [0.2, 0.25) is 11.8 Å². The first-order valence-corrected chi connectivity index (χ1v) is 23.9. The number of nitro groups is 1. The number of hydrogen-bond acceptors (Lipinski definition) is 9. The molecule has 0 saturated carbocycles. The average molecular weight is 955 g/mol. The van der Waals surface area contributed by atoms with E-state index in [1.54, 1.807) is 6.07 Å². The Balaban J connectivity index is 1.32. The Morgan fingerprint density at radius 3 is 2.26 bits per heavy atom. The second kappa shape index (κ2) is 18.4.